The number of nitrogens with one attached hydrogen (secondary N) is 2. The first-order valence-corrected chi connectivity index (χ1v) is 7.88. The second-order valence-electron chi connectivity index (χ2n) is 5.60. The van der Waals surface area contributed by atoms with E-state index in [-0.39, 0.29) is 24.2 Å². The molecule has 0 unspecified atom stereocenters. The molecule has 0 bridgehead atoms. The zero-order valence-corrected chi connectivity index (χ0v) is 13.4. The van der Waals surface area contributed by atoms with E-state index in [0.717, 1.165) is 5.69 Å². The zero-order valence-electron chi connectivity index (χ0n) is 13.4. The van der Waals surface area contributed by atoms with Crippen LogP contribution in [-0.4, -0.2) is 39.8 Å². The van der Waals surface area contributed by atoms with Gasteiger partial charge in [-0.05, 0) is 37.3 Å². The lowest BCUT2D eigenvalue weighted by molar-refractivity contribution is -0.128. The summed E-state index contributed by atoms with van der Waals surface area (Å²) >= 11 is 0. The van der Waals surface area contributed by atoms with Crippen molar-refractivity contribution in [3.63, 3.8) is 0 Å². The van der Waals surface area contributed by atoms with E-state index in [2.05, 4.69) is 20.6 Å². The highest BCUT2D eigenvalue weighted by Crippen LogP contribution is 2.21. The van der Waals surface area contributed by atoms with Crippen molar-refractivity contribution >= 4 is 29.1 Å². The van der Waals surface area contributed by atoms with Gasteiger partial charge in [0.05, 0.1) is 5.92 Å². The molecule has 1 aromatic heterocycles. The van der Waals surface area contributed by atoms with Crippen molar-refractivity contribution in [2.24, 2.45) is 5.92 Å². The number of likely N-dealkylation sites (tertiary alicyclic amines) is 1. The van der Waals surface area contributed by atoms with E-state index >= 15 is 0 Å². The van der Waals surface area contributed by atoms with Gasteiger partial charge in [-0.3, -0.25) is 9.59 Å². The highest BCUT2D eigenvalue weighted by Gasteiger charge is 2.33. The minimum absolute atomic E-state index is 0.0417. The van der Waals surface area contributed by atoms with E-state index in [0.29, 0.717) is 24.7 Å². The van der Waals surface area contributed by atoms with Gasteiger partial charge in [0.15, 0.2) is 0 Å². The minimum Gasteiger partial charge on any atom is -0.342 e. The van der Waals surface area contributed by atoms with Crippen LogP contribution in [0.15, 0.2) is 42.7 Å². The van der Waals surface area contributed by atoms with Crippen LogP contribution < -0.4 is 10.6 Å². The van der Waals surface area contributed by atoms with Crippen molar-refractivity contribution < 1.29 is 9.59 Å². The number of amides is 2. The van der Waals surface area contributed by atoms with E-state index in [1.54, 1.807) is 35.5 Å². The van der Waals surface area contributed by atoms with E-state index < -0.39 is 0 Å². The predicted octanol–water partition coefficient (Wildman–Crippen LogP) is 2.03. The van der Waals surface area contributed by atoms with Gasteiger partial charge < -0.3 is 15.5 Å². The Balaban J connectivity index is 1.58. The summed E-state index contributed by atoms with van der Waals surface area (Å²) in [5.74, 6) is 0.151. The number of hydrogen-bond acceptors (Lipinski definition) is 5. The van der Waals surface area contributed by atoms with Gasteiger partial charge in [-0.25, -0.2) is 9.97 Å². The third-order valence-electron chi connectivity index (χ3n) is 3.94. The van der Waals surface area contributed by atoms with E-state index in [4.69, 9.17) is 0 Å². The second-order valence-corrected chi connectivity index (χ2v) is 5.60. The largest absolute Gasteiger partial charge is 0.342 e. The molecule has 1 aromatic carbocycles. The third-order valence-corrected chi connectivity index (χ3v) is 3.94. The quantitative estimate of drug-likeness (QED) is 0.878. The molecule has 2 N–H and O–H groups in total. The molecule has 2 amide bonds. The highest BCUT2D eigenvalue weighted by molar-refractivity contribution is 5.97. The summed E-state index contributed by atoms with van der Waals surface area (Å²) < 4.78 is 0. The molecule has 1 aliphatic heterocycles. The van der Waals surface area contributed by atoms with Crippen LogP contribution in [0.3, 0.4) is 0 Å². The Morgan fingerprint density at radius 1 is 1.21 bits per heavy atom. The Morgan fingerprint density at radius 2 is 1.88 bits per heavy atom. The van der Waals surface area contributed by atoms with Crippen molar-refractivity contribution in [2.45, 2.75) is 13.3 Å². The van der Waals surface area contributed by atoms with E-state index in [9.17, 15) is 9.59 Å². The molecule has 2 heterocycles. The first-order chi connectivity index (χ1) is 11.7. The molecule has 7 heteroatoms. The summed E-state index contributed by atoms with van der Waals surface area (Å²) in [6.45, 7) is 3.05. The Morgan fingerprint density at radius 3 is 2.50 bits per heavy atom. The van der Waals surface area contributed by atoms with E-state index in [1.165, 1.54) is 0 Å². The lowest BCUT2D eigenvalue weighted by Crippen LogP contribution is -2.28. The predicted molar refractivity (Wildman–Crippen MR) is 90.7 cm³/mol. The average Bonchev–Trinajstić information content (AvgIpc) is 2.99. The molecule has 7 nitrogen and oxygen atoms in total. The number of rotatable bonds is 5. The maximum absolute atomic E-state index is 12.3. The molecule has 1 saturated heterocycles. The molecule has 0 saturated carbocycles. The van der Waals surface area contributed by atoms with Crippen LogP contribution >= 0.6 is 0 Å². The number of carbonyl (C=O) groups excluding carboxylic acids is 2. The number of carbonyl (C=O) groups is 2. The van der Waals surface area contributed by atoms with Crippen LogP contribution in [0.1, 0.15) is 13.3 Å². The molecule has 0 aliphatic carbocycles. The summed E-state index contributed by atoms with van der Waals surface area (Å²) in [5, 5.41) is 5.94. The topological polar surface area (TPSA) is 87.2 Å². The molecule has 0 spiro atoms. The van der Waals surface area contributed by atoms with Crippen LogP contribution in [-0.2, 0) is 9.59 Å². The monoisotopic (exact) mass is 325 g/mol. The van der Waals surface area contributed by atoms with Crippen molar-refractivity contribution in [1.82, 2.24) is 14.9 Å². The molecule has 124 valence electrons. The second kappa shape index (κ2) is 7.08. The summed E-state index contributed by atoms with van der Waals surface area (Å²) in [5.41, 5.74) is 1.52. The average molecular weight is 325 g/mol. The number of anilines is 3. The third kappa shape index (κ3) is 3.68. The van der Waals surface area contributed by atoms with Gasteiger partial charge in [0.2, 0.25) is 17.8 Å². The van der Waals surface area contributed by atoms with Gasteiger partial charge in [0.1, 0.15) is 0 Å². The number of aromatic nitrogens is 2. The lowest BCUT2D eigenvalue weighted by Gasteiger charge is -2.14. The van der Waals surface area contributed by atoms with Crippen LogP contribution in [0.5, 0.6) is 0 Å². The maximum Gasteiger partial charge on any atom is 0.229 e. The summed E-state index contributed by atoms with van der Waals surface area (Å²) in [4.78, 5) is 33.9. The molecule has 0 radical (unpaired) electrons. The van der Waals surface area contributed by atoms with Crippen LogP contribution in [0.4, 0.5) is 17.3 Å². The molecule has 1 atom stereocenters. The Labute approximate surface area is 140 Å². The van der Waals surface area contributed by atoms with Crippen LogP contribution in [0.25, 0.3) is 0 Å². The molecular weight excluding hydrogens is 306 g/mol. The first-order valence-electron chi connectivity index (χ1n) is 7.88. The molecule has 1 fully saturated rings. The van der Waals surface area contributed by atoms with Gasteiger partial charge in [-0.2, -0.15) is 0 Å². The van der Waals surface area contributed by atoms with Gasteiger partial charge in [-0.1, -0.05) is 0 Å². The Kier molecular flexibility index (Phi) is 4.69. The standard InChI is InChI=1S/C17H19N5O2/c1-2-22-11-12(10-15(22)23)16(24)20-13-4-6-14(7-5-13)21-17-18-8-3-9-19-17/h3-9,12H,2,10-11H2,1H3,(H,20,24)(H,18,19,21)/t12-/m0/s1. The molecule has 3 rings (SSSR count). The van der Waals surface area contributed by atoms with Crippen LogP contribution in [0.2, 0.25) is 0 Å². The number of nitrogens with zero attached hydrogens (tertiary/aromatic N) is 3. The summed E-state index contributed by atoms with van der Waals surface area (Å²) in [6, 6.07) is 9.03. The fraction of sp³-hybridized carbons (Fsp3) is 0.294. The summed E-state index contributed by atoms with van der Waals surface area (Å²) in [6.07, 6.45) is 3.60. The minimum atomic E-state index is -0.284. The fourth-order valence-corrected chi connectivity index (χ4v) is 2.63. The maximum atomic E-state index is 12.3. The zero-order chi connectivity index (χ0) is 16.9. The Bertz CT molecular complexity index is 718. The van der Waals surface area contributed by atoms with Gasteiger partial charge in [0, 0.05) is 43.3 Å². The van der Waals surface area contributed by atoms with Crippen molar-refractivity contribution in [1.29, 1.82) is 0 Å². The molecule has 1 aliphatic rings. The first kappa shape index (κ1) is 15.9. The van der Waals surface area contributed by atoms with Gasteiger partial charge in [0.25, 0.3) is 0 Å². The fourth-order valence-electron chi connectivity index (χ4n) is 2.63. The van der Waals surface area contributed by atoms with Gasteiger partial charge in [-0.15, -0.1) is 0 Å². The highest BCUT2D eigenvalue weighted by atomic mass is 16.2. The number of hydrogen-bond donors (Lipinski definition) is 2. The smallest absolute Gasteiger partial charge is 0.229 e. The van der Waals surface area contributed by atoms with Crippen molar-refractivity contribution in [3.05, 3.63) is 42.7 Å². The van der Waals surface area contributed by atoms with E-state index in [1.807, 2.05) is 19.1 Å². The lowest BCUT2D eigenvalue weighted by atomic mass is 10.1. The molecule has 24 heavy (non-hydrogen) atoms. The van der Waals surface area contributed by atoms with Crippen molar-refractivity contribution in [3.8, 4) is 0 Å². The summed E-state index contributed by atoms with van der Waals surface area (Å²) in [7, 11) is 0. The molecule has 2 aromatic rings. The van der Waals surface area contributed by atoms with Gasteiger partial charge >= 0.3 is 0 Å². The number of benzene rings is 1. The SMILES string of the molecule is CCN1C[C@@H](C(=O)Nc2ccc(Nc3ncccn3)cc2)CC1=O. The molecular formula is C17H19N5O2. The Hall–Kier alpha value is -2.96. The van der Waals surface area contributed by atoms with Crippen LogP contribution in [0, 0.1) is 5.92 Å². The normalized spacial score (nSPS) is 17.0. The van der Waals surface area contributed by atoms with Crippen molar-refractivity contribution in [2.75, 3.05) is 23.7 Å².